The number of aryl methyl sites for hydroxylation is 1. The van der Waals surface area contributed by atoms with E-state index in [4.69, 9.17) is 10.5 Å². The van der Waals surface area contributed by atoms with Crippen LogP contribution in [-0.2, 0) is 11.8 Å². The highest BCUT2D eigenvalue weighted by atomic mass is 16.5. The molecule has 1 amide bonds. The van der Waals surface area contributed by atoms with Gasteiger partial charge >= 0.3 is 0 Å². The topological polar surface area (TPSA) is 73.4 Å². The number of carbonyl (C=O) groups is 1. The highest BCUT2D eigenvalue weighted by Crippen LogP contribution is 2.11. The number of ether oxygens (including phenoxy) is 1. The second kappa shape index (κ2) is 4.79. The van der Waals surface area contributed by atoms with Gasteiger partial charge in [-0.1, -0.05) is 0 Å². The monoisotopic (exact) mass is 212 g/mol. The van der Waals surface area contributed by atoms with Crippen molar-refractivity contribution in [1.82, 2.24) is 14.7 Å². The van der Waals surface area contributed by atoms with Gasteiger partial charge in [-0.3, -0.25) is 9.48 Å². The van der Waals surface area contributed by atoms with E-state index in [1.165, 1.54) is 10.9 Å². The van der Waals surface area contributed by atoms with Crippen molar-refractivity contribution < 1.29 is 9.53 Å². The average Bonchev–Trinajstić information content (AvgIpc) is 2.54. The summed E-state index contributed by atoms with van der Waals surface area (Å²) in [6.07, 6.45) is 1.47. The molecule has 0 aliphatic heterocycles. The van der Waals surface area contributed by atoms with E-state index in [1.54, 1.807) is 26.1 Å². The second-order valence-electron chi connectivity index (χ2n) is 3.29. The predicted molar refractivity (Wildman–Crippen MR) is 56.5 cm³/mol. The van der Waals surface area contributed by atoms with Crippen LogP contribution in [0, 0.1) is 0 Å². The van der Waals surface area contributed by atoms with E-state index in [0.29, 0.717) is 24.5 Å². The van der Waals surface area contributed by atoms with Crippen molar-refractivity contribution in [3.05, 3.63) is 11.9 Å². The lowest BCUT2D eigenvalue weighted by molar-refractivity contribution is 0.0734. The number of nitrogens with zero attached hydrogens (tertiary/aromatic N) is 3. The van der Waals surface area contributed by atoms with Crippen LogP contribution in [0.4, 0.5) is 5.69 Å². The van der Waals surface area contributed by atoms with Gasteiger partial charge in [-0.25, -0.2) is 0 Å². The van der Waals surface area contributed by atoms with Crippen molar-refractivity contribution in [1.29, 1.82) is 0 Å². The van der Waals surface area contributed by atoms with Crippen molar-refractivity contribution in [3.8, 4) is 0 Å². The van der Waals surface area contributed by atoms with Gasteiger partial charge in [0, 0.05) is 27.7 Å². The number of carbonyl (C=O) groups excluding carboxylic acids is 1. The van der Waals surface area contributed by atoms with Crippen LogP contribution in [-0.4, -0.2) is 47.9 Å². The van der Waals surface area contributed by atoms with Gasteiger partial charge < -0.3 is 15.4 Å². The van der Waals surface area contributed by atoms with Gasteiger partial charge in [0.05, 0.1) is 18.5 Å². The lowest BCUT2D eigenvalue weighted by Gasteiger charge is -2.16. The van der Waals surface area contributed by atoms with E-state index >= 15 is 0 Å². The lowest BCUT2D eigenvalue weighted by Crippen LogP contribution is -2.31. The molecular weight excluding hydrogens is 196 g/mol. The summed E-state index contributed by atoms with van der Waals surface area (Å²) in [6.45, 7) is 1.03. The Balaban J connectivity index is 2.76. The number of amides is 1. The maximum absolute atomic E-state index is 11.9. The fourth-order valence-corrected chi connectivity index (χ4v) is 1.23. The molecule has 0 aliphatic carbocycles. The maximum Gasteiger partial charge on any atom is 0.274 e. The third kappa shape index (κ3) is 2.47. The Bertz CT molecular complexity index is 328. The molecule has 0 unspecified atom stereocenters. The molecule has 6 heteroatoms. The minimum atomic E-state index is -0.149. The Labute approximate surface area is 88.6 Å². The van der Waals surface area contributed by atoms with E-state index in [9.17, 15) is 4.79 Å². The summed E-state index contributed by atoms with van der Waals surface area (Å²) < 4.78 is 6.37. The van der Waals surface area contributed by atoms with Crippen LogP contribution in [0.5, 0.6) is 0 Å². The number of anilines is 1. The molecule has 0 fully saturated rings. The quantitative estimate of drug-likeness (QED) is 0.745. The number of hydrogen-bond acceptors (Lipinski definition) is 4. The first kappa shape index (κ1) is 11.5. The number of nitrogens with two attached hydrogens (primary N) is 1. The highest BCUT2D eigenvalue weighted by Gasteiger charge is 2.18. The number of likely N-dealkylation sites (N-methyl/N-ethyl adjacent to an activating group) is 1. The Morgan fingerprint density at radius 1 is 1.73 bits per heavy atom. The highest BCUT2D eigenvalue weighted by molar-refractivity contribution is 5.97. The summed E-state index contributed by atoms with van der Waals surface area (Å²) in [6, 6.07) is 0. The zero-order chi connectivity index (χ0) is 11.4. The normalized spacial score (nSPS) is 10.3. The first-order valence-corrected chi connectivity index (χ1v) is 4.59. The van der Waals surface area contributed by atoms with Gasteiger partial charge in [0.1, 0.15) is 5.69 Å². The largest absolute Gasteiger partial charge is 0.396 e. The molecule has 0 aliphatic rings. The SMILES string of the molecule is COCCN(C)C(=O)c1c(N)cnn1C. The van der Waals surface area contributed by atoms with Crippen LogP contribution >= 0.6 is 0 Å². The molecule has 1 aromatic heterocycles. The van der Waals surface area contributed by atoms with Crippen molar-refractivity contribution in [3.63, 3.8) is 0 Å². The molecule has 0 atom stereocenters. The Morgan fingerprint density at radius 3 is 2.87 bits per heavy atom. The van der Waals surface area contributed by atoms with Gasteiger partial charge in [0.2, 0.25) is 0 Å². The van der Waals surface area contributed by atoms with Crippen LogP contribution in [0.3, 0.4) is 0 Å². The first-order chi connectivity index (χ1) is 7.07. The van der Waals surface area contributed by atoms with Crippen molar-refractivity contribution in [2.24, 2.45) is 7.05 Å². The lowest BCUT2D eigenvalue weighted by atomic mass is 10.3. The van der Waals surface area contributed by atoms with Gasteiger partial charge in [-0.05, 0) is 0 Å². The molecule has 1 heterocycles. The summed E-state index contributed by atoms with van der Waals surface area (Å²) in [5.41, 5.74) is 6.45. The first-order valence-electron chi connectivity index (χ1n) is 4.59. The molecule has 1 aromatic rings. The number of aromatic nitrogens is 2. The fourth-order valence-electron chi connectivity index (χ4n) is 1.23. The number of nitrogen functional groups attached to an aromatic ring is 1. The number of methoxy groups -OCH3 is 1. The van der Waals surface area contributed by atoms with E-state index in [1.807, 2.05) is 0 Å². The zero-order valence-electron chi connectivity index (χ0n) is 9.23. The summed E-state index contributed by atoms with van der Waals surface area (Å²) in [7, 11) is 4.98. The molecule has 2 N–H and O–H groups in total. The van der Waals surface area contributed by atoms with E-state index in [2.05, 4.69) is 5.10 Å². The van der Waals surface area contributed by atoms with Gasteiger partial charge in [0.15, 0.2) is 0 Å². The molecule has 1 rings (SSSR count). The minimum Gasteiger partial charge on any atom is -0.396 e. The predicted octanol–water partition coefficient (Wildman–Crippen LogP) is -0.279. The van der Waals surface area contributed by atoms with Gasteiger partial charge in [-0.15, -0.1) is 0 Å². The second-order valence-corrected chi connectivity index (χ2v) is 3.29. The van der Waals surface area contributed by atoms with E-state index in [0.717, 1.165) is 0 Å². The Kier molecular flexibility index (Phi) is 3.68. The molecule has 0 saturated carbocycles. The third-order valence-corrected chi connectivity index (χ3v) is 2.15. The summed E-state index contributed by atoms with van der Waals surface area (Å²) >= 11 is 0. The van der Waals surface area contributed by atoms with Gasteiger partial charge in [0.25, 0.3) is 5.91 Å². The van der Waals surface area contributed by atoms with Crippen LogP contribution in [0.25, 0.3) is 0 Å². The minimum absolute atomic E-state index is 0.149. The smallest absolute Gasteiger partial charge is 0.274 e. The molecule has 0 radical (unpaired) electrons. The average molecular weight is 212 g/mol. The molecule has 15 heavy (non-hydrogen) atoms. The molecule has 0 spiro atoms. The van der Waals surface area contributed by atoms with Crippen molar-refractivity contribution in [2.45, 2.75) is 0 Å². The Hall–Kier alpha value is -1.56. The van der Waals surface area contributed by atoms with Crippen LogP contribution < -0.4 is 5.73 Å². The van der Waals surface area contributed by atoms with Crippen molar-refractivity contribution >= 4 is 11.6 Å². The van der Waals surface area contributed by atoms with Crippen LogP contribution in [0.15, 0.2) is 6.20 Å². The summed E-state index contributed by atoms with van der Waals surface area (Å²) in [5, 5.41) is 3.91. The van der Waals surface area contributed by atoms with Gasteiger partial charge in [-0.2, -0.15) is 5.10 Å². The van der Waals surface area contributed by atoms with Crippen LogP contribution in [0.1, 0.15) is 10.5 Å². The summed E-state index contributed by atoms with van der Waals surface area (Å²) in [4.78, 5) is 13.4. The third-order valence-electron chi connectivity index (χ3n) is 2.15. The molecule has 6 nitrogen and oxygen atoms in total. The molecule has 0 bridgehead atoms. The Morgan fingerprint density at radius 2 is 2.40 bits per heavy atom. The van der Waals surface area contributed by atoms with E-state index in [-0.39, 0.29) is 5.91 Å². The fraction of sp³-hybridized carbons (Fsp3) is 0.556. The van der Waals surface area contributed by atoms with Crippen molar-refractivity contribution in [2.75, 3.05) is 33.0 Å². The zero-order valence-corrected chi connectivity index (χ0v) is 9.23. The molecule has 84 valence electrons. The number of rotatable bonds is 4. The van der Waals surface area contributed by atoms with Crippen LogP contribution in [0.2, 0.25) is 0 Å². The summed E-state index contributed by atoms with van der Waals surface area (Å²) in [5.74, 6) is -0.149. The maximum atomic E-state index is 11.9. The van der Waals surface area contributed by atoms with E-state index < -0.39 is 0 Å². The molecule has 0 saturated heterocycles. The standard InChI is InChI=1S/C9H16N4O2/c1-12(4-5-15-3)9(14)8-7(10)6-11-13(8)2/h6H,4-5,10H2,1-3H3. The number of hydrogen-bond donors (Lipinski definition) is 1. The molecular formula is C9H16N4O2. The molecule has 0 aromatic carbocycles.